The fourth-order valence-electron chi connectivity index (χ4n) is 3.07. The van der Waals surface area contributed by atoms with Crippen LogP contribution in [0.2, 0.25) is 0 Å². The smallest absolute Gasteiger partial charge is 0.288 e. The van der Waals surface area contributed by atoms with Gasteiger partial charge in [0.2, 0.25) is 0 Å². The van der Waals surface area contributed by atoms with Crippen LogP contribution in [0, 0.1) is 6.92 Å². The highest BCUT2D eigenvalue weighted by Gasteiger charge is 2.18. The van der Waals surface area contributed by atoms with Crippen molar-refractivity contribution in [1.82, 2.24) is 15.4 Å². The number of hydrogen-bond acceptors (Lipinski definition) is 3. The van der Waals surface area contributed by atoms with Crippen molar-refractivity contribution >= 4 is 23.0 Å². The first kappa shape index (κ1) is 16.7. The van der Waals surface area contributed by atoms with Crippen molar-refractivity contribution < 1.29 is 4.79 Å². The van der Waals surface area contributed by atoms with Gasteiger partial charge in [-0.1, -0.05) is 54.6 Å². The number of fused-ring (bicyclic) bond motifs is 1. The number of aromatic nitrogens is 2. The Kier molecular flexibility index (Phi) is 4.49. The van der Waals surface area contributed by atoms with E-state index in [4.69, 9.17) is 0 Å². The lowest BCUT2D eigenvalue weighted by Crippen LogP contribution is -2.19. The van der Waals surface area contributed by atoms with Gasteiger partial charge in [0.25, 0.3) is 5.91 Å². The molecule has 27 heavy (non-hydrogen) atoms. The molecule has 0 bridgehead atoms. The molecule has 5 heteroatoms. The second kappa shape index (κ2) is 7.25. The molecular formula is C22H18N4O. The maximum Gasteiger partial charge on any atom is 0.288 e. The molecule has 0 radical (unpaired) electrons. The zero-order valence-electron chi connectivity index (χ0n) is 14.8. The molecule has 0 aliphatic rings. The normalized spacial score (nSPS) is 11.1. The number of para-hydroxylation sites is 1. The zero-order valence-corrected chi connectivity index (χ0v) is 14.8. The SMILES string of the molecule is Cc1cccc(/C=N/NC(=O)c2[nH]c3ccccc3c2-c2ccccc2)n1. The number of carbonyl (C=O) groups is 1. The van der Waals surface area contributed by atoms with Gasteiger partial charge >= 0.3 is 0 Å². The molecule has 0 atom stereocenters. The Morgan fingerprint density at radius 1 is 1.00 bits per heavy atom. The maximum absolute atomic E-state index is 12.8. The Labute approximate surface area is 156 Å². The Hall–Kier alpha value is -3.73. The standard InChI is InChI=1S/C22H18N4O/c1-15-8-7-11-17(24-15)14-23-26-22(27)21-20(16-9-3-2-4-10-16)18-12-5-6-13-19(18)25-21/h2-14,25H,1H3,(H,26,27)/b23-14+. The van der Waals surface area contributed by atoms with E-state index in [1.165, 1.54) is 6.21 Å². The predicted molar refractivity (Wildman–Crippen MR) is 108 cm³/mol. The summed E-state index contributed by atoms with van der Waals surface area (Å²) in [4.78, 5) is 20.3. The largest absolute Gasteiger partial charge is 0.350 e. The number of hydrazone groups is 1. The van der Waals surface area contributed by atoms with E-state index in [9.17, 15) is 4.79 Å². The van der Waals surface area contributed by atoms with Crippen molar-refractivity contribution in [3.05, 3.63) is 89.9 Å². The molecule has 1 amide bonds. The predicted octanol–water partition coefficient (Wildman–Crippen LogP) is 4.30. The lowest BCUT2D eigenvalue weighted by atomic mass is 10.0. The first-order valence-corrected chi connectivity index (χ1v) is 8.65. The van der Waals surface area contributed by atoms with Gasteiger partial charge < -0.3 is 4.98 Å². The van der Waals surface area contributed by atoms with E-state index in [2.05, 4.69) is 20.5 Å². The number of nitrogens with zero attached hydrogens (tertiary/aromatic N) is 2. The van der Waals surface area contributed by atoms with Crippen molar-refractivity contribution in [2.75, 3.05) is 0 Å². The van der Waals surface area contributed by atoms with Gasteiger partial charge in [0.05, 0.1) is 11.9 Å². The molecule has 0 aliphatic carbocycles. The van der Waals surface area contributed by atoms with Gasteiger partial charge in [-0.05, 0) is 30.7 Å². The fourth-order valence-corrected chi connectivity index (χ4v) is 3.07. The molecule has 4 rings (SSSR count). The van der Waals surface area contributed by atoms with Crippen LogP contribution in [-0.2, 0) is 0 Å². The third-order valence-electron chi connectivity index (χ3n) is 4.27. The van der Waals surface area contributed by atoms with E-state index >= 15 is 0 Å². The van der Waals surface area contributed by atoms with Gasteiger partial charge in [0, 0.05) is 22.2 Å². The van der Waals surface area contributed by atoms with E-state index in [1.807, 2.05) is 79.7 Å². The molecule has 2 aromatic carbocycles. The molecule has 132 valence electrons. The second-order valence-electron chi connectivity index (χ2n) is 6.19. The minimum absolute atomic E-state index is 0.297. The zero-order chi connectivity index (χ0) is 18.6. The summed E-state index contributed by atoms with van der Waals surface area (Å²) in [6, 6.07) is 23.4. The number of pyridine rings is 1. The number of carbonyl (C=O) groups excluding carboxylic acids is 1. The van der Waals surface area contributed by atoms with Crippen LogP contribution in [0.3, 0.4) is 0 Å². The van der Waals surface area contributed by atoms with E-state index in [-0.39, 0.29) is 5.91 Å². The number of benzene rings is 2. The molecule has 2 N–H and O–H groups in total. The number of amides is 1. The Bertz CT molecular complexity index is 1130. The van der Waals surface area contributed by atoms with Crippen LogP contribution >= 0.6 is 0 Å². The van der Waals surface area contributed by atoms with Gasteiger partial charge in [-0.3, -0.25) is 9.78 Å². The molecule has 0 aliphatic heterocycles. The molecule has 2 aromatic heterocycles. The highest BCUT2D eigenvalue weighted by molar-refractivity contribution is 6.09. The van der Waals surface area contributed by atoms with Crippen LogP contribution in [0.1, 0.15) is 21.9 Å². The summed E-state index contributed by atoms with van der Waals surface area (Å²) in [5.74, 6) is -0.297. The van der Waals surface area contributed by atoms with Crippen LogP contribution < -0.4 is 5.43 Å². The van der Waals surface area contributed by atoms with E-state index < -0.39 is 0 Å². The van der Waals surface area contributed by atoms with Crippen LogP contribution in [0.4, 0.5) is 0 Å². The highest BCUT2D eigenvalue weighted by atomic mass is 16.2. The van der Waals surface area contributed by atoms with E-state index in [0.717, 1.165) is 27.7 Å². The maximum atomic E-state index is 12.8. The van der Waals surface area contributed by atoms with Gasteiger partial charge in [-0.15, -0.1) is 0 Å². The summed E-state index contributed by atoms with van der Waals surface area (Å²) in [7, 11) is 0. The van der Waals surface area contributed by atoms with E-state index in [0.29, 0.717) is 11.4 Å². The lowest BCUT2D eigenvalue weighted by Gasteiger charge is -2.04. The quantitative estimate of drug-likeness (QED) is 0.424. The number of nitrogens with one attached hydrogen (secondary N) is 2. The number of aryl methyl sites for hydroxylation is 1. The van der Waals surface area contributed by atoms with Crippen LogP contribution in [0.5, 0.6) is 0 Å². The third kappa shape index (κ3) is 3.48. The van der Waals surface area contributed by atoms with E-state index in [1.54, 1.807) is 0 Å². The van der Waals surface area contributed by atoms with Gasteiger partial charge in [-0.25, -0.2) is 5.43 Å². The summed E-state index contributed by atoms with van der Waals surface area (Å²) in [5, 5.41) is 5.06. The Morgan fingerprint density at radius 2 is 1.78 bits per heavy atom. The minimum atomic E-state index is -0.297. The first-order chi connectivity index (χ1) is 13.2. The van der Waals surface area contributed by atoms with Gasteiger partial charge in [-0.2, -0.15) is 5.10 Å². The monoisotopic (exact) mass is 354 g/mol. The van der Waals surface area contributed by atoms with Crippen molar-refractivity contribution in [3.63, 3.8) is 0 Å². The summed E-state index contributed by atoms with van der Waals surface area (Å²) in [5.41, 5.74) is 7.42. The van der Waals surface area contributed by atoms with Crippen molar-refractivity contribution in [3.8, 4) is 11.1 Å². The summed E-state index contributed by atoms with van der Waals surface area (Å²) in [6.07, 6.45) is 1.54. The number of hydrogen-bond donors (Lipinski definition) is 2. The average molecular weight is 354 g/mol. The molecule has 2 heterocycles. The lowest BCUT2D eigenvalue weighted by molar-refractivity contribution is 0.0951. The minimum Gasteiger partial charge on any atom is -0.350 e. The van der Waals surface area contributed by atoms with Crippen LogP contribution in [-0.4, -0.2) is 22.1 Å². The topological polar surface area (TPSA) is 70.1 Å². The van der Waals surface area contributed by atoms with Crippen LogP contribution in [0.25, 0.3) is 22.0 Å². The highest BCUT2D eigenvalue weighted by Crippen LogP contribution is 2.32. The number of rotatable bonds is 4. The molecule has 0 unspecified atom stereocenters. The van der Waals surface area contributed by atoms with Crippen molar-refractivity contribution in [2.24, 2.45) is 5.10 Å². The second-order valence-corrected chi connectivity index (χ2v) is 6.19. The van der Waals surface area contributed by atoms with Crippen molar-refractivity contribution in [1.29, 1.82) is 0 Å². The summed E-state index contributed by atoms with van der Waals surface area (Å²) < 4.78 is 0. The summed E-state index contributed by atoms with van der Waals surface area (Å²) >= 11 is 0. The molecule has 0 saturated carbocycles. The Morgan fingerprint density at radius 3 is 2.59 bits per heavy atom. The molecule has 4 aromatic rings. The molecule has 0 saturated heterocycles. The number of aromatic amines is 1. The fraction of sp³-hybridized carbons (Fsp3) is 0.0455. The van der Waals surface area contributed by atoms with Gasteiger partial charge in [0.15, 0.2) is 0 Å². The third-order valence-corrected chi connectivity index (χ3v) is 4.27. The molecule has 0 spiro atoms. The number of H-pyrrole nitrogens is 1. The van der Waals surface area contributed by atoms with Gasteiger partial charge in [0.1, 0.15) is 5.69 Å². The molecule has 0 fully saturated rings. The molecule has 5 nitrogen and oxygen atoms in total. The first-order valence-electron chi connectivity index (χ1n) is 8.65. The summed E-state index contributed by atoms with van der Waals surface area (Å²) in [6.45, 7) is 1.91. The average Bonchev–Trinajstić information content (AvgIpc) is 3.08. The van der Waals surface area contributed by atoms with Crippen molar-refractivity contribution in [2.45, 2.75) is 6.92 Å². The Balaban J connectivity index is 1.68. The molecular weight excluding hydrogens is 336 g/mol. The van der Waals surface area contributed by atoms with Crippen LogP contribution in [0.15, 0.2) is 77.9 Å².